The monoisotopic (exact) mass is 125 g/mol. The van der Waals surface area contributed by atoms with Crippen LogP contribution in [0.5, 0.6) is 0 Å². The molecule has 1 aromatic rings. The largest absolute Gasteiger partial charge is 2.00 e. The maximum atomic E-state index is 2.89. The molecule has 32 valence electrons. The second-order valence-electron chi connectivity index (χ2n) is 1.08. The molecule has 7 heavy (non-hydrogen) atoms. The van der Waals surface area contributed by atoms with E-state index in [0.29, 0.717) is 0 Å². The first-order valence-electron chi connectivity index (χ1n) is 1.91. The van der Waals surface area contributed by atoms with Gasteiger partial charge in [-0.15, -0.1) is 0 Å². The molecule has 1 aromatic carbocycles. The van der Waals surface area contributed by atoms with Gasteiger partial charge >= 0.3 is 21.7 Å². The molecule has 0 amide bonds. The van der Waals surface area contributed by atoms with E-state index in [2.05, 4.69) is 6.07 Å². The van der Waals surface area contributed by atoms with Crippen LogP contribution in [-0.4, -0.2) is 0 Å². The summed E-state index contributed by atoms with van der Waals surface area (Å²) in [4.78, 5) is 0. The van der Waals surface area contributed by atoms with Gasteiger partial charge in [-0.2, -0.15) is 36.4 Å². The molecule has 0 aliphatic rings. The standard InChI is InChI=1S/C6H5.Ti/c1-2-4-6-5-3-1;/h1-5H;/q-1;+2. The molecule has 0 fully saturated rings. The van der Waals surface area contributed by atoms with Crippen molar-refractivity contribution in [3.05, 3.63) is 36.4 Å². The Hall–Kier alpha value is -0.0657. The van der Waals surface area contributed by atoms with Gasteiger partial charge in [0.25, 0.3) is 0 Å². The van der Waals surface area contributed by atoms with Gasteiger partial charge in [-0.1, -0.05) is 0 Å². The Kier molecular flexibility index (Phi) is 4.06. The van der Waals surface area contributed by atoms with Gasteiger partial charge in [0, 0.05) is 0 Å². The van der Waals surface area contributed by atoms with E-state index in [4.69, 9.17) is 0 Å². The summed E-state index contributed by atoms with van der Waals surface area (Å²) in [7, 11) is 0. The summed E-state index contributed by atoms with van der Waals surface area (Å²) >= 11 is 0. The predicted octanol–water partition coefficient (Wildman–Crippen LogP) is 1.48. The molecular weight excluding hydrogens is 120 g/mol. The van der Waals surface area contributed by atoms with E-state index >= 15 is 0 Å². The van der Waals surface area contributed by atoms with Crippen molar-refractivity contribution in [1.82, 2.24) is 0 Å². The van der Waals surface area contributed by atoms with E-state index in [1.165, 1.54) is 0 Å². The van der Waals surface area contributed by atoms with Gasteiger partial charge in [-0.25, -0.2) is 0 Å². The van der Waals surface area contributed by atoms with Crippen LogP contribution >= 0.6 is 0 Å². The van der Waals surface area contributed by atoms with Gasteiger partial charge in [0.2, 0.25) is 0 Å². The third-order valence-electron chi connectivity index (χ3n) is 0.607. The van der Waals surface area contributed by atoms with Crippen LogP contribution in [0, 0.1) is 6.07 Å². The van der Waals surface area contributed by atoms with Crippen molar-refractivity contribution in [2.45, 2.75) is 0 Å². The van der Waals surface area contributed by atoms with Crippen molar-refractivity contribution in [2.24, 2.45) is 0 Å². The minimum Gasteiger partial charge on any atom is -0.184 e. The van der Waals surface area contributed by atoms with Gasteiger partial charge in [0.1, 0.15) is 0 Å². The average Bonchev–Trinajstić information content (AvgIpc) is 1.72. The third-order valence-corrected chi connectivity index (χ3v) is 0.607. The van der Waals surface area contributed by atoms with Gasteiger partial charge < -0.3 is 0 Å². The molecule has 0 saturated heterocycles. The van der Waals surface area contributed by atoms with Crippen LogP contribution in [0.4, 0.5) is 0 Å². The van der Waals surface area contributed by atoms with Crippen LogP contribution in [0.3, 0.4) is 0 Å². The summed E-state index contributed by atoms with van der Waals surface area (Å²) in [6.45, 7) is 0. The van der Waals surface area contributed by atoms with Crippen molar-refractivity contribution >= 4 is 0 Å². The number of rotatable bonds is 0. The minimum atomic E-state index is 0. The smallest absolute Gasteiger partial charge is 0.184 e. The molecule has 0 aromatic heterocycles. The molecule has 0 unspecified atom stereocenters. The fourth-order valence-electron chi connectivity index (χ4n) is 0.342. The van der Waals surface area contributed by atoms with Crippen molar-refractivity contribution < 1.29 is 21.7 Å². The number of hydrogen-bond donors (Lipinski definition) is 0. The van der Waals surface area contributed by atoms with Crippen LogP contribution in [0.1, 0.15) is 0 Å². The van der Waals surface area contributed by atoms with Crippen LogP contribution in [0.15, 0.2) is 30.3 Å². The predicted molar refractivity (Wildman–Crippen MR) is 25.3 cm³/mol. The van der Waals surface area contributed by atoms with Crippen LogP contribution in [0.2, 0.25) is 0 Å². The van der Waals surface area contributed by atoms with E-state index in [1.807, 2.05) is 30.3 Å². The Morgan fingerprint density at radius 2 is 1.43 bits per heavy atom. The van der Waals surface area contributed by atoms with E-state index < -0.39 is 0 Å². The van der Waals surface area contributed by atoms with Gasteiger partial charge in [-0.05, 0) is 0 Å². The molecule has 0 bridgehead atoms. The minimum absolute atomic E-state index is 0. The second kappa shape index (κ2) is 4.10. The van der Waals surface area contributed by atoms with E-state index in [-0.39, 0.29) is 21.7 Å². The SMILES string of the molecule is [Ti+2].[c-]1ccccc1. The first-order chi connectivity index (χ1) is 3.00. The van der Waals surface area contributed by atoms with Crippen LogP contribution in [-0.2, 0) is 21.7 Å². The topological polar surface area (TPSA) is 0 Å². The Bertz CT molecular complexity index is 76.1. The Morgan fingerprint density at radius 1 is 0.857 bits per heavy atom. The fraction of sp³-hybridized carbons (Fsp3) is 0. The van der Waals surface area contributed by atoms with Crippen LogP contribution in [0.25, 0.3) is 0 Å². The molecule has 0 spiro atoms. The summed E-state index contributed by atoms with van der Waals surface area (Å²) < 4.78 is 0. The summed E-state index contributed by atoms with van der Waals surface area (Å²) in [6, 6.07) is 12.5. The molecule has 1 heteroatoms. The normalized spacial score (nSPS) is 6.86. The molecule has 0 radical (unpaired) electrons. The Labute approximate surface area is 58.4 Å². The van der Waals surface area contributed by atoms with Gasteiger partial charge in [0.05, 0.1) is 0 Å². The van der Waals surface area contributed by atoms with Gasteiger partial charge in [-0.3, -0.25) is 0 Å². The third kappa shape index (κ3) is 2.61. The van der Waals surface area contributed by atoms with Crippen molar-refractivity contribution in [1.29, 1.82) is 0 Å². The summed E-state index contributed by atoms with van der Waals surface area (Å²) in [5.41, 5.74) is 0. The molecular formula is C6H5Ti+. The number of hydrogen-bond acceptors (Lipinski definition) is 0. The van der Waals surface area contributed by atoms with Crippen LogP contribution < -0.4 is 0 Å². The molecule has 0 atom stereocenters. The van der Waals surface area contributed by atoms with E-state index in [1.54, 1.807) is 0 Å². The Morgan fingerprint density at radius 3 is 1.57 bits per heavy atom. The van der Waals surface area contributed by atoms with E-state index in [0.717, 1.165) is 0 Å². The summed E-state index contributed by atoms with van der Waals surface area (Å²) in [5.74, 6) is 0. The zero-order valence-electron chi connectivity index (χ0n) is 3.89. The van der Waals surface area contributed by atoms with Crippen molar-refractivity contribution in [3.63, 3.8) is 0 Å². The molecule has 0 N–H and O–H groups in total. The quantitative estimate of drug-likeness (QED) is 0.364. The van der Waals surface area contributed by atoms with Crippen molar-refractivity contribution in [3.8, 4) is 0 Å². The number of benzene rings is 1. The first kappa shape index (κ1) is 6.93. The molecule has 0 heterocycles. The molecule has 0 saturated carbocycles. The maximum Gasteiger partial charge on any atom is 2.00 e. The fourth-order valence-corrected chi connectivity index (χ4v) is 0.342. The summed E-state index contributed by atoms with van der Waals surface area (Å²) in [5, 5.41) is 0. The molecule has 0 nitrogen and oxygen atoms in total. The second-order valence-corrected chi connectivity index (χ2v) is 1.08. The van der Waals surface area contributed by atoms with Crippen molar-refractivity contribution in [2.75, 3.05) is 0 Å². The summed E-state index contributed by atoms with van der Waals surface area (Å²) in [6.07, 6.45) is 0. The average molecular weight is 125 g/mol. The first-order valence-corrected chi connectivity index (χ1v) is 1.91. The zero-order valence-corrected chi connectivity index (χ0v) is 5.45. The molecule has 0 aliphatic heterocycles. The van der Waals surface area contributed by atoms with E-state index in [9.17, 15) is 0 Å². The van der Waals surface area contributed by atoms with Gasteiger partial charge in [0.15, 0.2) is 0 Å². The maximum absolute atomic E-state index is 2.89. The molecule has 1 rings (SSSR count). The molecule has 0 aliphatic carbocycles. The zero-order chi connectivity index (χ0) is 4.24. The Balaban J connectivity index is 0.000000360.